The van der Waals surface area contributed by atoms with Crippen molar-refractivity contribution in [2.24, 2.45) is 50.7 Å². The van der Waals surface area contributed by atoms with Crippen molar-refractivity contribution in [3.63, 3.8) is 0 Å². The van der Waals surface area contributed by atoms with Gasteiger partial charge < -0.3 is 14.6 Å². The molecule has 0 saturated heterocycles. The number of esters is 1. The molecule has 0 aromatic heterocycles. The van der Waals surface area contributed by atoms with Gasteiger partial charge in [-0.2, -0.15) is 0 Å². The Hall–Kier alpha value is -1.36. The molecule has 222 valence electrons. The van der Waals surface area contributed by atoms with Crippen LogP contribution in [0.2, 0.25) is 0 Å². The van der Waals surface area contributed by atoms with Gasteiger partial charge in [0.2, 0.25) is 0 Å². The van der Waals surface area contributed by atoms with Gasteiger partial charge in [-0.25, -0.2) is 4.79 Å². The molecule has 0 spiro atoms. The minimum atomic E-state index is -0.524. The maximum absolute atomic E-state index is 10.9. The van der Waals surface area contributed by atoms with Crippen LogP contribution in [0.25, 0.3) is 0 Å². The van der Waals surface area contributed by atoms with Crippen LogP contribution in [-0.4, -0.2) is 36.9 Å². The van der Waals surface area contributed by atoms with Crippen molar-refractivity contribution in [3.05, 3.63) is 11.6 Å². The van der Waals surface area contributed by atoms with Gasteiger partial charge in [-0.1, -0.05) is 73.0 Å². The number of carbonyl (C=O) groups excluding carboxylic acids is 2. The SMILES string of the molecule is CC1CCCC2(C)CC[C@]3(C)C(=CCC4C5(C)CCC(O)C(C)(C)C5CCC43C)C12.CCOC(=O)COC=O. The number of ether oxygens (including phenoxy) is 2. The van der Waals surface area contributed by atoms with Gasteiger partial charge in [-0.15, -0.1) is 0 Å². The second-order valence-electron chi connectivity index (χ2n) is 15.4. The highest BCUT2D eigenvalue weighted by Crippen LogP contribution is 2.75. The van der Waals surface area contributed by atoms with E-state index in [9.17, 15) is 14.7 Å². The van der Waals surface area contributed by atoms with Gasteiger partial charge in [-0.3, -0.25) is 4.79 Å². The molecule has 4 fully saturated rings. The molecule has 0 aliphatic heterocycles. The van der Waals surface area contributed by atoms with E-state index >= 15 is 0 Å². The largest absolute Gasteiger partial charge is 0.463 e. The van der Waals surface area contributed by atoms with E-state index in [4.69, 9.17) is 0 Å². The monoisotopic (exact) mass is 544 g/mol. The van der Waals surface area contributed by atoms with Gasteiger partial charge in [0.1, 0.15) is 0 Å². The van der Waals surface area contributed by atoms with Crippen LogP contribution in [0, 0.1) is 50.7 Å². The molecule has 5 rings (SSSR count). The van der Waals surface area contributed by atoms with Gasteiger partial charge in [0, 0.05) is 0 Å². The molecule has 8 unspecified atom stereocenters. The van der Waals surface area contributed by atoms with E-state index in [-0.39, 0.29) is 24.6 Å². The highest BCUT2D eigenvalue weighted by Gasteiger charge is 2.67. The summed E-state index contributed by atoms with van der Waals surface area (Å²) in [6, 6.07) is 0. The van der Waals surface area contributed by atoms with Crippen LogP contribution < -0.4 is 0 Å². The normalized spacial score (nSPS) is 46.0. The molecule has 1 N–H and O–H groups in total. The molecule has 5 heteroatoms. The number of hydrogen-bond acceptors (Lipinski definition) is 5. The van der Waals surface area contributed by atoms with E-state index in [0.29, 0.717) is 34.2 Å². The lowest BCUT2D eigenvalue weighted by atomic mass is 9.33. The standard InChI is InChI=1S/C29H48O.C5H8O4/c1-19-9-8-14-26(4)17-18-28(6)20(24(19)26)10-11-22-27(5)15-13-23(30)25(2,3)21(27)12-16-29(22,28)7;1-2-9-5(7)3-8-4-6/h10,19,21-24,30H,8-9,11-18H2,1-7H3;4H,2-3H2,1H3/t19?,21?,22?,23?,24?,26?,27?,28-,29?;/m1./s1. The van der Waals surface area contributed by atoms with E-state index in [1.807, 2.05) is 5.57 Å². The zero-order valence-electron chi connectivity index (χ0n) is 26.1. The molecular formula is C34H56O5. The molecule has 0 radical (unpaired) electrons. The van der Waals surface area contributed by atoms with E-state index < -0.39 is 5.97 Å². The summed E-state index contributed by atoms with van der Waals surface area (Å²) in [5, 5.41) is 10.9. The first kappa shape index (κ1) is 30.6. The van der Waals surface area contributed by atoms with Crippen LogP contribution in [0.15, 0.2) is 11.6 Å². The summed E-state index contributed by atoms with van der Waals surface area (Å²) < 4.78 is 8.51. The predicted octanol–water partition coefficient (Wildman–Crippen LogP) is 7.50. The molecule has 5 aliphatic rings. The van der Waals surface area contributed by atoms with Crippen molar-refractivity contribution in [2.45, 2.75) is 126 Å². The van der Waals surface area contributed by atoms with Gasteiger partial charge in [0.05, 0.1) is 12.7 Å². The minimum absolute atomic E-state index is 0.0578. The van der Waals surface area contributed by atoms with Crippen LogP contribution in [0.3, 0.4) is 0 Å². The van der Waals surface area contributed by atoms with Crippen molar-refractivity contribution in [1.29, 1.82) is 0 Å². The summed E-state index contributed by atoms with van der Waals surface area (Å²) in [5.74, 6) is 2.58. The van der Waals surface area contributed by atoms with Crippen molar-refractivity contribution in [1.82, 2.24) is 0 Å². The maximum atomic E-state index is 10.9. The van der Waals surface area contributed by atoms with Crippen LogP contribution in [0.5, 0.6) is 0 Å². The number of rotatable bonds is 4. The second-order valence-corrected chi connectivity index (χ2v) is 15.4. The lowest BCUT2D eigenvalue weighted by Crippen LogP contribution is -2.64. The van der Waals surface area contributed by atoms with Gasteiger partial charge in [-0.05, 0) is 109 Å². The first-order valence-electron chi connectivity index (χ1n) is 15.8. The Labute approximate surface area is 237 Å². The third-order valence-corrected chi connectivity index (χ3v) is 13.3. The number of aliphatic hydroxyl groups is 1. The van der Waals surface area contributed by atoms with E-state index in [1.54, 1.807) is 6.92 Å². The number of hydrogen-bond donors (Lipinski definition) is 1. The Bertz CT molecular complexity index is 955. The molecule has 0 aromatic carbocycles. The third-order valence-electron chi connectivity index (χ3n) is 13.3. The molecular weight excluding hydrogens is 488 g/mol. The molecule has 0 aromatic rings. The first-order valence-corrected chi connectivity index (χ1v) is 15.8. The number of fused-ring (bicyclic) bond motifs is 7. The Morgan fingerprint density at radius 2 is 1.72 bits per heavy atom. The van der Waals surface area contributed by atoms with Crippen LogP contribution in [0.4, 0.5) is 0 Å². The molecule has 9 atom stereocenters. The first-order chi connectivity index (χ1) is 18.2. The third kappa shape index (κ3) is 4.81. The predicted molar refractivity (Wildman–Crippen MR) is 155 cm³/mol. The number of carbonyl (C=O) groups is 2. The Kier molecular flexibility index (Phi) is 8.47. The maximum Gasteiger partial charge on any atom is 0.344 e. The Morgan fingerprint density at radius 1 is 1.00 bits per heavy atom. The summed E-state index contributed by atoms with van der Waals surface area (Å²) in [5.41, 5.74) is 3.66. The Morgan fingerprint density at radius 3 is 2.38 bits per heavy atom. The lowest BCUT2D eigenvalue weighted by molar-refractivity contribution is -0.203. The fourth-order valence-electron chi connectivity index (χ4n) is 11.1. The summed E-state index contributed by atoms with van der Waals surface area (Å²) >= 11 is 0. The summed E-state index contributed by atoms with van der Waals surface area (Å²) in [6.07, 6.45) is 16.0. The lowest BCUT2D eigenvalue weighted by Gasteiger charge is -2.71. The zero-order chi connectivity index (χ0) is 28.9. The second kappa shape index (κ2) is 10.8. The van der Waals surface area contributed by atoms with Crippen LogP contribution >= 0.6 is 0 Å². The summed E-state index contributed by atoms with van der Waals surface area (Å²) in [6.45, 7) is 19.9. The summed E-state index contributed by atoms with van der Waals surface area (Å²) in [7, 11) is 0. The van der Waals surface area contributed by atoms with E-state index in [1.165, 1.54) is 57.8 Å². The molecule has 0 heterocycles. The average Bonchev–Trinajstić information content (AvgIpc) is 2.86. The highest BCUT2D eigenvalue weighted by molar-refractivity contribution is 5.71. The fraction of sp³-hybridized carbons (Fsp3) is 0.882. The molecule has 0 bridgehead atoms. The number of allylic oxidation sites excluding steroid dienone is 2. The average molecular weight is 545 g/mol. The van der Waals surface area contributed by atoms with E-state index in [0.717, 1.165) is 24.2 Å². The van der Waals surface area contributed by atoms with E-state index in [2.05, 4.69) is 64.0 Å². The Balaban J connectivity index is 0.000000340. The minimum Gasteiger partial charge on any atom is -0.463 e. The molecule has 4 saturated carbocycles. The van der Waals surface area contributed by atoms with Crippen molar-refractivity contribution >= 4 is 12.4 Å². The summed E-state index contributed by atoms with van der Waals surface area (Å²) in [4.78, 5) is 19.8. The quantitative estimate of drug-likeness (QED) is 0.225. The molecule has 39 heavy (non-hydrogen) atoms. The van der Waals surface area contributed by atoms with Crippen molar-refractivity contribution < 1.29 is 24.2 Å². The van der Waals surface area contributed by atoms with Crippen LogP contribution in [-0.2, 0) is 19.1 Å². The van der Waals surface area contributed by atoms with Gasteiger partial charge >= 0.3 is 5.97 Å². The molecule has 5 nitrogen and oxygen atoms in total. The molecule has 5 aliphatic carbocycles. The van der Waals surface area contributed by atoms with Gasteiger partial charge in [0.15, 0.2) is 6.61 Å². The van der Waals surface area contributed by atoms with Crippen molar-refractivity contribution in [3.8, 4) is 0 Å². The fourth-order valence-corrected chi connectivity index (χ4v) is 11.1. The highest BCUT2D eigenvalue weighted by atomic mass is 16.6. The topological polar surface area (TPSA) is 72.8 Å². The number of aliphatic hydroxyl groups excluding tert-OH is 1. The van der Waals surface area contributed by atoms with Gasteiger partial charge in [0.25, 0.3) is 6.47 Å². The van der Waals surface area contributed by atoms with Crippen molar-refractivity contribution in [2.75, 3.05) is 13.2 Å². The smallest absolute Gasteiger partial charge is 0.344 e. The molecule has 0 amide bonds. The zero-order valence-corrected chi connectivity index (χ0v) is 26.1. The van der Waals surface area contributed by atoms with Crippen LogP contribution in [0.1, 0.15) is 120 Å².